The molecule has 2 aromatic heterocycles. The molecule has 4 aromatic rings. The lowest BCUT2D eigenvalue weighted by Crippen LogP contribution is -2.35. The van der Waals surface area contributed by atoms with Gasteiger partial charge in [-0.2, -0.15) is 0 Å². The second-order valence-electron chi connectivity index (χ2n) is 8.82. The van der Waals surface area contributed by atoms with Gasteiger partial charge < -0.3 is 10.1 Å². The Hall–Kier alpha value is -3.23. The van der Waals surface area contributed by atoms with Crippen LogP contribution in [0.2, 0.25) is 0 Å². The van der Waals surface area contributed by atoms with Crippen LogP contribution in [0.1, 0.15) is 52.1 Å². The van der Waals surface area contributed by atoms with Gasteiger partial charge in [-0.1, -0.05) is 49.6 Å². The summed E-state index contributed by atoms with van der Waals surface area (Å²) in [6, 6.07) is 12.9. The van der Waals surface area contributed by atoms with Gasteiger partial charge in [-0.3, -0.25) is 19.0 Å². The van der Waals surface area contributed by atoms with Gasteiger partial charge in [0.2, 0.25) is 0 Å². The van der Waals surface area contributed by atoms with Gasteiger partial charge in [0.15, 0.2) is 11.5 Å². The van der Waals surface area contributed by atoms with Gasteiger partial charge in [0.1, 0.15) is 16.1 Å². The van der Waals surface area contributed by atoms with E-state index in [0.29, 0.717) is 21.2 Å². The maximum atomic E-state index is 14.3. The lowest BCUT2D eigenvalue weighted by molar-refractivity contribution is 0.0927. The van der Waals surface area contributed by atoms with E-state index in [2.05, 4.69) is 5.32 Å². The molecule has 5 rings (SSSR count). The second-order valence-corrected chi connectivity index (χ2v) is 9.84. The number of fused-ring (bicyclic) bond motifs is 3. The van der Waals surface area contributed by atoms with Crippen molar-refractivity contribution < 1.29 is 18.7 Å². The van der Waals surface area contributed by atoms with Gasteiger partial charge in [0.25, 0.3) is 11.5 Å². The maximum absolute atomic E-state index is 14.3. The molecule has 1 amide bonds. The zero-order chi connectivity index (χ0) is 24.5. The predicted octanol–water partition coefficient (Wildman–Crippen LogP) is 5.73. The first-order valence-electron chi connectivity index (χ1n) is 11.7. The Morgan fingerprint density at radius 2 is 1.83 bits per heavy atom. The molecular formula is C27H26ClFN2O4S. The van der Waals surface area contributed by atoms with Crippen LogP contribution in [0.3, 0.4) is 0 Å². The number of ketones is 1. The van der Waals surface area contributed by atoms with Gasteiger partial charge in [0.05, 0.1) is 23.9 Å². The topological polar surface area (TPSA) is 77.4 Å². The van der Waals surface area contributed by atoms with E-state index >= 15 is 0 Å². The first kappa shape index (κ1) is 25.9. The Morgan fingerprint density at radius 1 is 1.11 bits per heavy atom. The minimum absolute atomic E-state index is 0. The third kappa shape index (κ3) is 4.75. The molecule has 1 N–H and O–H groups in total. The summed E-state index contributed by atoms with van der Waals surface area (Å²) in [6.07, 6.45) is 5.14. The third-order valence-corrected chi connectivity index (χ3v) is 7.77. The highest BCUT2D eigenvalue weighted by molar-refractivity contribution is 7.22. The zero-order valence-corrected chi connectivity index (χ0v) is 21.3. The number of ether oxygens (including phenoxy) is 1. The minimum atomic E-state index is -0.473. The Balaban J connectivity index is 0.00000304. The number of methoxy groups -OCH3 is 1. The number of thiophene rings is 1. The molecule has 0 radical (unpaired) electrons. The second kappa shape index (κ2) is 10.8. The van der Waals surface area contributed by atoms with E-state index in [9.17, 15) is 18.8 Å². The first-order valence-corrected chi connectivity index (χ1v) is 12.5. The SMILES string of the molecule is COc1c(C(=O)NC2CCCCC2)sc2c1c(=O)n(CC(=O)c1ccccc1)c1ccc(F)cc21.Cl. The Kier molecular flexibility index (Phi) is 7.76. The van der Waals surface area contributed by atoms with Crippen LogP contribution < -0.4 is 15.6 Å². The number of benzene rings is 2. The number of carbonyl (C=O) groups is 2. The normalized spacial score (nSPS) is 13.9. The summed E-state index contributed by atoms with van der Waals surface area (Å²) in [6.45, 7) is -0.219. The van der Waals surface area contributed by atoms with Crippen LogP contribution in [-0.4, -0.2) is 29.4 Å². The number of nitrogens with one attached hydrogen (secondary N) is 1. The van der Waals surface area contributed by atoms with Gasteiger partial charge >= 0.3 is 0 Å². The standard InChI is InChI=1S/C27H25FN2O4S.ClH/c1-34-23-22-24(35-25(23)26(32)29-18-10-6-3-7-11-18)19-14-17(28)12-13-20(19)30(27(22)33)15-21(31)16-8-4-2-5-9-16;/h2,4-5,8-9,12-14,18H,3,6-7,10-11,15H2,1H3,(H,29,32);1H. The largest absolute Gasteiger partial charge is 0.494 e. The molecule has 1 fully saturated rings. The van der Waals surface area contributed by atoms with E-state index in [0.717, 1.165) is 43.4 Å². The molecule has 9 heteroatoms. The number of hydrogen-bond donors (Lipinski definition) is 1. The van der Waals surface area contributed by atoms with Crippen LogP contribution >= 0.6 is 23.7 Å². The summed E-state index contributed by atoms with van der Waals surface area (Å²) in [7, 11) is 1.41. The first-order chi connectivity index (χ1) is 17.0. The van der Waals surface area contributed by atoms with Crippen LogP contribution in [0.15, 0.2) is 53.3 Å². The molecular weight excluding hydrogens is 503 g/mol. The highest BCUT2D eigenvalue weighted by Crippen LogP contribution is 2.40. The molecule has 0 bridgehead atoms. The average molecular weight is 529 g/mol. The number of Topliss-reactive ketones (excluding diaryl/α,β-unsaturated/α-hetero) is 1. The highest BCUT2D eigenvalue weighted by Gasteiger charge is 2.27. The van der Waals surface area contributed by atoms with Crippen LogP contribution in [-0.2, 0) is 6.54 Å². The average Bonchev–Trinajstić information content (AvgIpc) is 3.28. The smallest absolute Gasteiger partial charge is 0.265 e. The van der Waals surface area contributed by atoms with Crippen molar-refractivity contribution >= 4 is 56.4 Å². The predicted molar refractivity (Wildman–Crippen MR) is 142 cm³/mol. The summed E-state index contributed by atoms with van der Waals surface area (Å²) < 4.78 is 21.7. The molecule has 6 nitrogen and oxygen atoms in total. The van der Waals surface area contributed by atoms with Crippen molar-refractivity contribution in [1.82, 2.24) is 9.88 Å². The lowest BCUT2D eigenvalue weighted by Gasteiger charge is -2.22. The van der Waals surface area contributed by atoms with E-state index in [1.165, 1.54) is 29.9 Å². The number of nitrogens with zero attached hydrogens (tertiary/aromatic N) is 1. The van der Waals surface area contributed by atoms with Crippen LogP contribution in [0, 0.1) is 5.82 Å². The van der Waals surface area contributed by atoms with Crippen molar-refractivity contribution in [2.24, 2.45) is 0 Å². The maximum Gasteiger partial charge on any atom is 0.265 e. The van der Waals surface area contributed by atoms with E-state index < -0.39 is 11.4 Å². The summed E-state index contributed by atoms with van der Waals surface area (Å²) >= 11 is 1.12. The molecule has 1 aliphatic rings. The van der Waals surface area contributed by atoms with Crippen LogP contribution in [0.25, 0.3) is 21.0 Å². The van der Waals surface area contributed by atoms with E-state index in [-0.39, 0.29) is 52.7 Å². The fraction of sp³-hybridized carbons (Fsp3) is 0.296. The minimum Gasteiger partial charge on any atom is -0.494 e. The number of amides is 1. The zero-order valence-electron chi connectivity index (χ0n) is 19.7. The number of halogens is 2. The van der Waals surface area contributed by atoms with Crippen molar-refractivity contribution in [3.05, 3.63) is 75.1 Å². The van der Waals surface area contributed by atoms with Gasteiger partial charge in [-0.25, -0.2) is 4.39 Å². The Labute approximate surface area is 217 Å². The molecule has 0 unspecified atom stereocenters. The van der Waals surface area contributed by atoms with Crippen molar-refractivity contribution in [2.45, 2.75) is 44.7 Å². The summed E-state index contributed by atoms with van der Waals surface area (Å²) in [4.78, 5) is 40.2. The number of pyridine rings is 1. The number of carbonyl (C=O) groups excluding carboxylic acids is 2. The molecule has 188 valence electrons. The number of aromatic nitrogens is 1. The molecule has 0 spiro atoms. The van der Waals surface area contributed by atoms with Crippen molar-refractivity contribution in [2.75, 3.05) is 7.11 Å². The molecule has 0 aliphatic heterocycles. The molecule has 0 atom stereocenters. The van der Waals surface area contributed by atoms with Gasteiger partial charge in [-0.15, -0.1) is 23.7 Å². The summed E-state index contributed by atoms with van der Waals surface area (Å²) in [5.41, 5.74) is 0.448. The van der Waals surface area contributed by atoms with Crippen LogP contribution in [0.4, 0.5) is 4.39 Å². The third-order valence-electron chi connectivity index (χ3n) is 6.57. The molecule has 0 saturated heterocycles. The Morgan fingerprint density at radius 3 is 2.53 bits per heavy atom. The van der Waals surface area contributed by atoms with Gasteiger partial charge in [0, 0.05) is 17.0 Å². The van der Waals surface area contributed by atoms with Crippen molar-refractivity contribution in [3.8, 4) is 5.75 Å². The summed E-state index contributed by atoms with van der Waals surface area (Å²) in [5.74, 6) is -0.859. The molecule has 36 heavy (non-hydrogen) atoms. The monoisotopic (exact) mass is 528 g/mol. The van der Waals surface area contributed by atoms with E-state index in [1.54, 1.807) is 24.3 Å². The quantitative estimate of drug-likeness (QED) is 0.324. The number of rotatable bonds is 6. The van der Waals surface area contributed by atoms with Crippen LogP contribution in [0.5, 0.6) is 5.75 Å². The highest BCUT2D eigenvalue weighted by atomic mass is 35.5. The lowest BCUT2D eigenvalue weighted by atomic mass is 9.95. The number of hydrogen-bond acceptors (Lipinski definition) is 5. The fourth-order valence-electron chi connectivity index (χ4n) is 4.83. The molecule has 2 heterocycles. The van der Waals surface area contributed by atoms with Gasteiger partial charge in [-0.05, 0) is 31.0 Å². The molecule has 1 aliphatic carbocycles. The Bertz CT molecular complexity index is 1490. The summed E-state index contributed by atoms with van der Waals surface area (Å²) in [5, 5.41) is 3.72. The van der Waals surface area contributed by atoms with E-state index in [4.69, 9.17) is 4.74 Å². The van der Waals surface area contributed by atoms with Crippen molar-refractivity contribution in [3.63, 3.8) is 0 Å². The molecule has 1 saturated carbocycles. The van der Waals surface area contributed by atoms with E-state index in [1.807, 2.05) is 6.07 Å². The fourth-order valence-corrected chi connectivity index (χ4v) is 6.02. The van der Waals surface area contributed by atoms with Crippen molar-refractivity contribution in [1.29, 1.82) is 0 Å². The molecule has 2 aromatic carbocycles.